The van der Waals surface area contributed by atoms with Crippen molar-refractivity contribution in [1.29, 1.82) is 0 Å². The van der Waals surface area contributed by atoms with Gasteiger partial charge in [-0.1, -0.05) is 12.1 Å². The van der Waals surface area contributed by atoms with E-state index in [0.717, 1.165) is 0 Å². The molecule has 0 aliphatic heterocycles. The Morgan fingerprint density at radius 1 is 1.47 bits per heavy atom. The molecular formula is C12H17ClF2N2O2. The first-order valence-corrected chi connectivity index (χ1v) is 5.59. The highest BCUT2D eigenvalue weighted by Gasteiger charge is 2.13. The van der Waals surface area contributed by atoms with Gasteiger partial charge in [-0.2, -0.15) is 8.78 Å². The van der Waals surface area contributed by atoms with E-state index in [0.29, 0.717) is 18.5 Å². The number of ether oxygens (including phenoxy) is 1. The van der Waals surface area contributed by atoms with Crippen LogP contribution in [-0.4, -0.2) is 19.1 Å². The molecule has 0 aliphatic carbocycles. The third kappa shape index (κ3) is 5.85. The summed E-state index contributed by atoms with van der Waals surface area (Å²) in [4.78, 5) is 11.6. The highest BCUT2D eigenvalue weighted by Crippen LogP contribution is 2.29. The van der Waals surface area contributed by atoms with Crippen molar-refractivity contribution in [2.75, 3.05) is 11.9 Å². The van der Waals surface area contributed by atoms with Crippen LogP contribution in [0.3, 0.4) is 0 Å². The van der Waals surface area contributed by atoms with Gasteiger partial charge in [-0.25, -0.2) is 0 Å². The largest absolute Gasteiger partial charge is 0.433 e. The molecule has 0 bridgehead atoms. The van der Waals surface area contributed by atoms with E-state index in [9.17, 15) is 13.6 Å². The number of carbonyl (C=O) groups excluding carboxylic acids is 1. The molecule has 0 aromatic heterocycles. The second-order valence-corrected chi connectivity index (χ2v) is 3.77. The molecule has 0 radical (unpaired) electrons. The summed E-state index contributed by atoms with van der Waals surface area (Å²) >= 11 is 0. The molecule has 0 spiro atoms. The van der Waals surface area contributed by atoms with Gasteiger partial charge in [0, 0.05) is 6.42 Å². The predicted molar refractivity (Wildman–Crippen MR) is 72.0 cm³/mol. The van der Waals surface area contributed by atoms with Crippen LogP contribution in [0.25, 0.3) is 0 Å². The van der Waals surface area contributed by atoms with Crippen molar-refractivity contribution in [3.63, 3.8) is 0 Å². The molecule has 0 fully saturated rings. The standard InChI is InChI=1S/C12H16F2N2O2.ClH/c1-8-4-2-5-9(18-12(13)14)11(8)16-10(17)6-3-7-15;/h2,4-5,12H,3,6-7,15H2,1H3,(H,16,17);1H. The Hall–Kier alpha value is -1.40. The fourth-order valence-electron chi connectivity index (χ4n) is 1.46. The van der Waals surface area contributed by atoms with E-state index < -0.39 is 6.61 Å². The van der Waals surface area contributed by atoms with E-state index in [1.54, 1.807) is 19.1 Å². The number of hydrogen-bond donors (Lipinski definition) is 2. The van der Waals surface area contributed by atoms with Crippen LogP contribution >= 0.6 is 12.4 Å². The minimum Gasteiger partial charge on any atom is -0.433 e. The van der Waals surface area contributed by atoms with Gasteiger partial charge in [0.05, 0.1) is 5.69 Å². The Morgan fingerprint density at radius 3 is 2.74 bits per heavy atom. The molecule has 0 unspecified atom stereocenters. The number of carbonyl (C=O) groups is 1. The highest BCUT2D eigenvalue weighted by molar-refractivity contribution is 5.93. The number of hydrogen-bond acceptors (Lipinski definition) is 3. The van der Waals surface area contributed by atoms with Crippen molar-refractivity contribution in [1.82, 2.24) is 0 Å². The van der Waals surface area contributed by atoms with Crippen LogP contribution in [0.2, 0.25) is 0 Å². The molecule has 0 aliphatic rings. The normalized spacial score (nSPS) is 9.95. The second-order valence-electron chi connectivity index (χ2n) is 3.77. The van der Waals surface area contributed by atoms with Gasteiger partial charge in [-0.05, 0) is 31.5 Å². The average Bonchev–Trinajstić information content (AvgIpc) is 2.30. The quantitative estimate of drug-likeness (QED) is 0.848. The van der Waals surface area contributed by atoms with Crippen LogP contribution in [0, 0.1) is 6.92 Å². The summed E-state index contributed by atoms with van der Waals surface area (Å²) in [5.41, 5.74) is 6.23. The van der Waals surface area contributed by atoms with Gasteiger partial charge in [-0.3, -0.25) is 4.79 Å². The number of halogens is 3. The topological polar surface area (TPSA) is 64.3 Å². The second kappa shape index (κ2) is 8.66. The molecule has 1 aromatic carbocycles. The van der Waals surface area contributed by atoms with E-state index in [1.807, 2.05) is 0 Å². The maximum atomic E-state index is 12.2. The van der Waals surface area contributed by atoms with Gasteiger partial charge in [0.25, 0.3) is 0 Å². The number of nitrogens with one attached hydrogen (secondary N) is 1. The summed E-state index contributed by atoms with van der Waals surface area (Å²) in [6.45, 7) is -0.815. The lowest BCUT2D eigenvalue weighted by molar-refractivity contribution is -0.116. The maximum Gasteiger partial charge on any atom is 0.387 e. The maximum absolute atomic E-state index is 12.2. The van der Waals surface area contributed by atoms with Crippen LogP contribution in [0.5, 0.6) is 5.75 Å². The van der Waals surface area contributed by atoms with Gasteiger partial charge in [0.15, 0.2) is 0 Å². The van der Waals surface area contributed by atoms with E-state index in [-0.39, 0.29) is 36.2 Å². The predicted octanol–water partition coefficient (Wildman–Crippen LogP) is 2.70. The van der Waals surface area contributed by atoms with Gasteiger partial charge >= 0.3 is 6.61 Å². The SMILES string of the molecule is Cc1cccc(OC(F)F)c1NC(=O)CCCN.Cl. The third-order valence-corrected chi connectivity index (χ3v) is 2.32. The summed E-state index contributed by atoms with van der Waals surface area (Å²) in [7, 11) is 0. The molecule has 4 nitrogen and oxygen atoms in total. The Labute approximate surface area is 116 Å². The first kappa shape index (κ1) is 17.6. The molecule has 0 atom stereocenters. The van der Waals surface area contributed by atoms with Crippen molar-refractivity contribution < 1.29 is 18.3 Å². The third-order valence-electron chi connectivity index (χ3n) is 2.32. The molecule has 0 saturated heterocycles. The number of alkyl halides is 2. The lowest BCUT2D eigenvalue weighted by atomic mass is 10.1. The van der Waals surface area contributed by atoms with Crippen molar-refractivity contribution in [2.24, 2.45) is 5.73 Å². The molecule has 0 heterocycles. The van der Waals surface area contributed by atoms with E-state index in [4.69, 9.17) is 5.73 Å². The number of rotatable bonds is 6. The van der Waals surface area contributed by atoms with Crippen LogP contribution in [0.4, 0.5) is 14.5 Å². The van der Waals surface area contributed by atoms with Gasteiger partial charge in [-0.15, -0.1) is 12.4 Å². The molecule has 19 heavy (non-hydrogen) atoms. The smallest absolute Gasteiger partial charge is 0.387 e. The minimum atomic E-state index is -2.92. The van der Waals surface area contributed by atoms with Crippen LogP contribution in [0.15, 0.2) is 18.2 Å². The van der Waals surface area contributed by atoms with Crippen molar-refractivity contribution in [3.05, 3.63) is 23.8 Å². The van der Waals surface area contributed by atoms with Crippen molar-refractivity contribution in [2.45, 2.75) is 26.4 Å². The Bertz CT molecular complexity index is 417. The van der Waals surface area contributed by atoms with Gasteiger partial charge < -0.3 is 15.8 Å². The van der Waals surface area contributed by atoms with E-state index >= 15 is 0 Å². The molecule has 3 N–H and O–H groups in total. The van der Waals surface area contributed by atoms with Crippen LogP contribution in [0.1, 0.15) is 18.4 Å². The van der Waals surface area contributed by atoms with E-state index in [1.165, 1.54) is 6.07 Å². The minimum absolute atomic E-state index is 0. The number of nitrogens with two attached hydrogens (primary N) is 1. The Kier molecular flexibility index (Phi) is 8.02. The summed E-state index contributed by atoms with van der Waals surface area (Å²) in [6, 6.07) is 4.68. The van der Waals surface area contributed by atoms with Gasteiger partial charge in [0.2, 0.25) is 5.91 Å². The number of benzene rings is 1. The molecule has 1 aromatic rings. The van der Waals surface area contributed by atoms with Crippen molar-refractivity contribution >= 4 is 24.0 Å². The average molecular weight is 295 g/mol. The number of anilines is 1. The zero-order valence-electron chi connectivity index (χ0n) is 10.5. The fraction of sp³-hybridized carbons (Fsp3) is 0.417. The zero-order valence-corrected chi connectivity index (χ0v) is 11.3. The number of aryl methyl sites for hydroxylation is 1. The molecule has 0 saturated carbocycles. The Morgan fingerprint density at radius 2 is 2.16 bits per heavy atom. The first-order chi connectivity index (χ1) is 8.54. The summed E-state index contributed by atoms with van der Waals surface area (Å²) in [5, 5.41) is 2.57. The lowest BCUT2D eigenvalue weighted by Crippen LogP contribution is -2.15. The first-order valence-electron chi connectivity index (χ1n) is 5.59. The van der Waals surface area contributed by atoms with Crippen molar-refractivity contribution in [3.8, 4) is 5.75 Å². The van der Waals surface area contributed by atoms with Gasteiger partial charge in [0.1, 0.15) is 5.75 Å². The molecule has 108 valence electrons. The van der Waals surface area contributed by atoms with Crippen LogP contribution in [-0.2, 0) is 4.79 Å². The summed E-state index contributed by atoms with van der Waals surface area (Å²) < 4.78 is 28.8. The lowest BCUT2D eigenvalue weighted by Gasteiger charge is -2.14. The van der Waals surface area contributed by atoms with E-state index in [2.05, 4.69) is 10.1 Å². The molecule has 1 amide bonds. The monoisotopic (exact) mass is 294 g/mol. The molecule has 7 heteroatoms. The zero-order chi connectivity index (χ0) is 13.5. The number of para-hydroxylation sites is 1. The summed E-state index contributed by atoms with van der Waals surface area (Å²) in [5.74, 6) is -0.306. The number of amides is 1. The fourth-order valence-corrected chi connectivity index (χ4v) is 1.46. The molecule has 1 rings (SSSR count). The summed E-state index contributed by atoms with van der Waals surface area (Å²) in [6.07, 6.45) is 0.793. The highest BCUT2D eigenvalue weighted by atomic mass is 35.5. The Balaban J connectivity index is 0.00000324. The van der Waals surface area contributed by atoms with Crippen LogP contribution < -0.4 is 15.8 Å². The molecular weight excluding hydrogens is 278 g/mol.